The van der Waals surface area contributed by atoms with Crippen LogP contribution >= 0.6 is 0 Å². The Morgan fingerprint density at radius 3 is 2.62 bits per heavy atom. The molecule has 0 bridgehead atoms. The minimum Gasteiger partial charge on any atom is -0.486 e. The second-order valence-electron chi connectivity index (χ2n) is 9.43. The third-order valence-electron chi connectivity index (χ3n) is 6.91. The number of oxime groups is 1. The van der Waals surface area contributed by atoms with Gasteiger partial charge in [0.2, 0.25) is 0 Å². The van der Waals surface area contributed by atoms with Crippen LogP contribution in [0.15, 0.2) is 59.8 Å². The van der Waals surface area contributed by atoms with Gasteiger partial charge in [-0.2, -0.15) is 0 Å². The molecule has 8 nitrogen and oxygen atoms in total. The van der Waals surface area contributed by atoms with E-state index in [1.54, 1.807) is 0 Å². The zero-order chi connectivity index (χ0) is 25.8. The van der Waals surface area contributed by atoms with Crippen molar-refractivity contribution in [3.05, 3.63) is 71.5 Å². The first-order valence-electron chi connectivity index (χ1n) is 12.5. The highest BCUT2D eigenvalue weighted by atomic mass is 19.1. The van der Waals surface area contributed by atoms with Gasteiger partial charge in [0, 0.05) is 13.0 Å². The first-order chi connectivity index (χ1) is 18.0. The zero-order valence-corrected chi connectivity index (χ0v) is 20.4. The summed E-state index contributed by atoms with van der Waals surface area (Å²) in [6, 6.07) is 16.0. The minimum absolute atomic E-state index is 0.0221. The van der Waals surface area contributed by atoms with Crippen LogP contribution in [0, 0.1) is 5.82 Å². The van der Waals surface area contributed by atoms with E-state index in [1.807, 2.05) is 36.4 Å². The van der Waals surface area contributed by atoms with Gasteiger partial charge in [-0.25, -0.2) is 4.39 Å². The normalized spacial score (nSPS) is 17.2. The van der Waals surface area contributed by atoms with Crippen LogP contribution in [0.25, 0.3) is 10.8 Å². The average molecular weight is 508 g/mol. The number of likely N-dealkylation sites (tertiary alicyclic amines) is 1. The van der Waals surface area contributed by atoms with Crippen LogP contribution in [0.3, 0.4) is 0 Å². The van der Waals surface area contributed by atoms with E-state index < -0.39 is 23.9 Å². The maximum atomic E-state index is 14.6. The van der Waals surface area contributed by atoms with E-state index in [9.17, 15) is 19.5 Å². The summed E-state index contributed by atoms with van der Waals surface area (Å²) in [6.07, 6.45) is 0.538. The van der Waals surface area contributed by atoms with E-state index in [0.29, 0.717) is 13.0 Å². The molecule has 0 aromatic heterocycles. The molecular formula is C28H30FN3O5. The molecule has 1 saturated heterocycles. The smallest absolute Gasteiger partial charge is 0.269 e. The Hall–Kier alpha value is -3.69. The third-order valence-corrected chi connectivity index (χ3v) is 6.91. The molecule has 5 rings (SSSR count). The number of hydrogen-bond acceptors (Lipinski definition) is 7. The Morgan fingerprint density at radius 1 is 1.08 bits per heavy atom. The molecule has 2 heterocycles. The van der Waals surface area contributed by atoms with Gasteiger partial charge >= 0.3 is 0 Å². The number of nitrogens with zero attached hydrogens (tertiary/aromatic N) is 2. The molecule has 2 aliphatic heterocycles. The van der Waals surface area contributed by atoms with E-state index >= 15 is 0 Å². The topological polar surface area (TPSA) is 104 Å². The minimum atomic E-state index is -1.21. The summed E-state index contributed by atoms with van der Waals surface area (Å²) < 4.78 is 25.5. The van der Waals surface area contributed by atoms with Crippen LogP contribution in [-0.4, -0.2) is 65.7 Å². The number of ether oxygens (including phenoxy) is 2. The summed E-state index contributed by atoms with van der Waals surface area (Å²) in [5, 5.41) is 29.1. The van der Waals surface area contributed by atoms with Crippen molar-refractivity contribution in [3.8, 4) is 11.5 Å². The monoisotopic (exact) mass is 507 g/mol. The van der Waals surface area contributed by atoms with E-state index in [2.05, 4.69) is 21.4 Å². The van der Waals surface area contributed by atoms with Gasteiger partial charge in [-0.3, -0.25) is 4.79 Å². The third kappa shape index (κ3) is 5.68. The number of hydrogen-bond donors (Lipinski definition) is 3. The van der Waals surface area contributed by atoms with Crippen molar-refractivity contribution in [3.63, 3.8) is 0 Å². The first-order valence-corrected chi connectivity index (χ1v) is 12.5. The van der Waals surface area contributed by atoms with Crippen molar-refractivity contribution < 1.29 is 29.0 Å². The molecule has 0 spiro atoms. The standard InChI is InChI=1S/C28H30FN3O5/c29-22-15-21(16-25-27(22)37-13-12-36-25)26(33)24(17-32-10-3-11-32)30-28(34)23(31-35)9-7-18-6-8-19-4-1-2-5-20(19)14-18/h1-2,4-6,8,14-16,24,26,33,35H,3,7,9-13,17H2,(H,30,34)/b31-23+. The fraction of sp³-hybridized carbons (Fsp3) is 0.357. The lowest BCUT2D eigenvalue weighted by Crippen LogP contribution is -2.52. The molecule has 2 atom stereocenters. The number of carbonyl (C=O) groups excluding carboxylic acids is 1. The molecule has 9 heteroatoms. The van der Waals surface area contributed by atoms with Gasteiger partial charge in [0.1, 0.15) is 25.0 Å². The maximum absolute atomic E-state index is 14.6. The SMILES string of the molecule is O=C(NC(CN1CCC1)C(O)c1cc(F)c2c(c1)OCCO2)/C(CCc1ccc2ccccc2c1)=N/O. The van der Waals surface area contributed by atoms with Crippen molar-refractivity contribution in [2.75, 3.05) is 32.8 Å². The molecule has 3 N–H and O–H groups in total. The van der Waals surface area contributed by atoms with Gasteiger partial charge in [-0.1, -0.05) is 47.6 Å². The number of aliphatic hydroxyl groups is 1. The van der Waals surface area contributed by atoms with Gasteiger partial charge < -0.3 is 30.0 Å². The quantitative estimate of drug-likeness (QED) is 0.233. The molecule has 0 saturated carbocycles. The molecule has 2 unspecified atom stereocenters. The molecule has 0 aliphatic carbocycles. The van der Waals surface area contributed by atoms with Crippen molar-refractivity contribution >= 4 is 22.4 Å². The fourth-order valence-electron chi connectivity index (χ4n) is 4.72. The van der Waals surface area contributed by atoms with E-state index in [0.717, 1.165) is 35.8 Å². The number of aliphatic hydroxyl groups excluding tert-OH is 1. The summed E-state index contributed by atoms with van der Waals surface area (Å²) in [7, 11) is 0. The summed E-state index contributed by atoms with van der Waals surface area (Å²) in [5.74, 6) is -0.963. The van der Waals surface area contributed by atoms with Gasteiger partial charge in [-0.15, -0.1) is 0 Å². The molecule has 1 amide bonds. The molecule has 2 aliphatic rings. The maximum Gasteiger partial charge on any atom is 0.269 e. The summed E-state index contributed by atoms with van der Waals surface area (Å²) in [5.41, 5.74) is 1.24. The number of amides is 1. The second-order valence-corrected chi connectivity index (χ2v) is 9.43. The van der Waals surface area contributed by atoms with Crippen LogP contribution in [0.5, 0.6) is 11.5 Å². The predicted octanol–water partition coefficient (Wildman–Crippen LogP) is 3.44. The van der Waals surface area contributed by atoms with E-state index in [4.69, 9.17) is 9.47 Å². The zero-order valence-electron chi connectivity index (χ0n) is 20.4. The van der Waals surface area contributed by atoms with Crippen LogP contribution in [0.2, 0.25) is 0 Å². The molecule has 0 radical (unpaired) electrons. The largest absolute Gasteiger partial charge is 0.486 e. The molecule has 3 aromatic rings. The number of rotatable bonds is 9. The average Bonchev–Trinajstić information content (AvgIpc) is 2.89. The van der Waals surface area contributed by atoms with E-state index in [1.165, 1.54) is 12.1 Å². The molecule has 194 valence electrons. The van der Waals surface area contributed by atoms with Crippen molar-refractivity contribution in [1.82, 2.24) is 10.2 Å². The van der Waals surface area contributed by atoms with Crippen LogP contribution in [0.4, 0.5) is 4.39 Å². The second kappa shape index (κ2) is 11.1. The Kier molecular flexibility index (Phi) is 7.52. The van der Waals surface area contributed by atoms with Crippen molar-refractivity contribution in [1.29, 1.82) is 0 Å². The molecule has 3 aromatic carbocycles. The molecule has 37 heavy (non-hydrogen) atoms. The Bertz CT molecular complexity index is 1310. The highest BCUT2D eigenvalue weighted by Gasteiger charge is 2.30. The first kappa shape index (κ1) is 25.0. The van der Waals surface area contributed by atoms with Crippen molar-refractivity contribution in [2.45, 2.75) is 31.4 Å². The van der Waals surface area contributed by atoms with Crippen LogP contribution in [-0.2, 0) is 11.2 Å². The Labute approximate surface area is 214 Å². The Balaban J connectivity index is 1.29. The number of fused-ring (bicyclic) bond motifs is 2. The summed E-state index contributed by atoms with van der Waals surface area (Å²) in [4.78, 5) is 15.2. The lowest BCUT2D eigenvalue weighted by molar-refractivity contribution is -0.116. The van der Waals surface area contributed by atoms with Gasteiger partial charge in [0.25, 0.3) is 5.91 Å². The fourth-order valence-corrected chi connectivity index (χ4v) is 4.72. The highest BCUT2D eigenvalue weighted by molar-refractivity contribution is 6.38. The summed E-state index contributed by atoms with van der Waals surface area (Å²) in [6.45, 7) is 2.59. The molecular weight excluding hydrogens is 477 g/mol. The number of halogens is 1. The van der Waals surface area contributed by atoms with Gasteiger partial charge in [0.05, 0.1) is 6.04 Å². The predicted molar refractivity (Wildman–Crippen MR) is 137 cm³/mol. The molecule has 1 fully saturated rings. The van der Waals surface area contributed by atoms with E-state index in [-0.39, 0.29) is 42.4 Å². The van der Waals surface area contributed by atoms with Crippen molar-refractivity contribution in [2.24, 2.45) is 5.16 Å². The van der Waals surface area contributed by atoms with Gasteiger partial charge in [0.15, 0.2) is 17.3 Å². The Morgan fingerprint density at radius 2 is 1.86 bits per heavy atom. The van der Waals surface area contributed by atoms with Crippen LogP contribution in [0.1, 0.15) is 30.1 Å². The number of aryl methyl sites for hydroxylation is 1. The number of nitrogens with one attached hydrogen (secondary N) is 1. The summed E-state index contributed by atoms with van der Waals surface area (Å²) >= 11 is 0. The lowest BCUT2D eigenvalue weighted by Gasteiger charge is -2.36. The number of carbonyl (C=O) groups is 1. The lowest BCUT2D eigenvalue weighted by atomic mass is 9.98. The van der Waals surface area contributed by atoms with Gasteiger partial charge in [-0.05, 0) is 60.0 Å². The van der Waals surface area contributed by atoms with Crippen LogP contribution < -0.4 is 14.8 Å². The highest BCUT2D eigenvalue weighted by Crippen LogP contribution is 2.36. The number of benzene rings is 3.